The summed E-state index contributed by atoms with van der Waals surface area (Å²) in [5.41, 5.74) is -0.589. The topological polar surface area (TPSA) is 56.5 Å². The van der Waals surface area contributed by atoms with Crippen LogP contribution in [0.4, 0.5) is 0 Å². The highest BCUT2D eigenvalue weighted by molar-refractivity contribution is 4.80. The minimum atomic E-state index is -0.589. The van der Waals surface area contributed by atoms with E-state index in [0.29, 0.717) is 0 Å². The van der Waals surface area contributed by atoms with Gasteiger partial charge in [-0.3, -0.25) is 10.1 Å². The van der Waals surface area contributed by atoms with Gasteiger partial charge in [0.2, 0.25) is 20.0 Å². The molecule has 0 spiro atoms. The third kappa shape index (κ3) is 0.932. The average molecular weight is 187 g/mol. The van der Waals surface area contributed by atoms with Crippen LogP contribution in [0.25, 0.3) is 0 Å². The largest absolute Gasteiger partial charge is 0.364 e. The van der Waals surface area contributed by atoms with E-state index in [-0.39, 0.29) is 4.92 Å². The van der Waals surface area contributed by atoms with Crippen molar-refractivity contribution in [2.45, 2.75) is 5.54 Å². The van der Waals surface area contributed by atoms with Crippen molar-refractivity contribution >= 4 is 0 Å². The Labute approximate surface area is 75.8 Å². The molecular weight excluding hydrogens is 172 g/mol. The van der Waals surface area contributed by atoms with Gasteiger partial charge in [0, 0.05) is 4.92 Å². The van der Waals surface area contributed by atoms with Crippen LogP contribution in [0.1, 0.15) is 0 Å². The summed E-state index contributed by atoms with van der Waals surface area (Å²) in [6.45, 7) is 5.56. The van der Waals surface area contributed by atoms with E-state index in [0.717, 1.165) is 39.6 Å². The Kier molecular flexibility index (Phi) is 1.30. The Hall–Kier alpha value is -0.720. The number of rotatable bonds is 1. The Morgan fingerprint density at radius 1 is 1.00 bits per heavy atom. The second-order valence-electron chi connectivity index (χ2n) is 4.79. The van der Waals surface area contributed by atoms with E-state index in [1.807, 2.05) is 0 Å². The minimum absolute atomic E-state index is 0.0233. The molecule has 0 aromatic heterocycles. The summed E-state index contributed by atoms with van der Waals surface area (Å²) in [6, 6.07) is 0. The van der Waals surface area contributed by atoms with E-state index in [1.165, 1.54) is 14.7 Å². The minimum Gasteiger partial charge on any atom is -0.263 e. The maximum Gasteiger partial charge on any atom is 0.364 e. The molecule has 3 N–H and O–H groups in total. The SMILES string of the molecule is O=[N+]([O-])C12C[NH+]3C[NH+](C[NH+](C3)C1)C2. The van der Waals surface area contributed by atoms with Gasteiger partial charge >= 0.3 is 5.54 Å². The molecule has 0 unspecified atom stereocenters. The summed E-state index contributed by atoms with van der Waals surface area (Å²) >= 11 is 0. The fraction of sp³-hybridized carbons (Fsp3) is 1.00. The van der Waals surface area contributed by atoms with E-state index in [2.05, 4.69) is 0 Å². The van der Waals surface area contributed by atoms with Crippen LogP contribution < -0.4 is 14.7 Å². The summed E-state index contributed by atoms with van der Waals surface area (Å²) in [4.78, 5) is 15.3. The van der Waals surface area contributed by atoms with Gasteiger partial charge in [-0.15, -0.1) is 0 Å². The number of quaternary nitrogens is 3. The first kappa shape index (κ1) is 7.66. The Morgan fingerprint density at radius 2 is 1.38 bits per heavy atom. The number of hydrogen-bond acceptors (Lipinski definition) is 2. The van der Waals surface area contributed by atoms with Crippen LogP contribution in [-0.2, 0) is 0 Å². The molecule has 0 aliphatic carbocycles. The van der Waals surface area contributed by atoms with E-state index in [9.17, 15) is 10.1 Å². The molecule has 4 rings (SSSR count). The molecule has 4 aliphatic rings. The molecule has 0 radical (unpaired) electrons. The number of nitrogens with one attached hydrogen (secondary N) is 3. The maximum absolute atomic E-state index is 11.0. The molecule has 6 heteroatoms. The summed E-state index contributed by atoms with van der Waals surface area (Å²) in [5.74, 6) is 0. The molecule has 0 atom stereocenters. The molecule has 4 aliphatic heterocycles. The number of hydrogen-bond donors (Lipinski definition) is 3. The molecule has 13 heavy (non-hydrogen) atoms. The fourth-order valence-electron chi connectivity index (χ4n) is 3.40. The van der Waals surface area contributed by atoms with Gasteiger partial charge in [0.15, 0.2) is 19.6 Å². The van der Waals surface area contributed by atoms with Crippen LogP contribution in [0, 0.1) is 10.1 Å². The number of nitrogens with zero attached hydrogens (tertiary/aromatic N) is 1. The molecule has 72 valence electrons. The van der Waals surface area contributed by atoms with Crippen molar-refractivity contribution in [3.05, 3.63) is 10.1 Å². The molecule has 0 aromatic carbocycles. The highest BCUT2D eigenvalue weighted by Crippen LogP contribution is 2.06. The van der Waals surface area contributed by atoms with E-state index < -0.39 is 5.54 Å². The monoisotopic (exact) mass is 187 g/mol. The third-order valence-corrected chi connectivity index (χ3v) is 3.62. The normalized spacial score (nSPS) is 52.5. The molecule has 4 bridgehead atoms. The molecule has 6 nitrogen and oxygen atoms in total. The Balaban J connectivity index is 1.95. The van der Waals surface area contributed by atoms with Crippen LogP contribution in [0.2, 0.25) is 0 Å². The predicted molar refractivity (Wildman–Crippen MR) is 41.8 cm³/mol. The molecule has 4 heterocycles. The molecule has 0 aromatic rings. The van der Waals surface area contributed by atoms with Gasteiger partial charge in [-0.25, -0.2) is 14.7 Å². The van der Waals surface area contributed by atoms with Crippen molar-refractivity contribution in [3.63, 3.8) is 0 Å². The van der Waals surface area contributed by atoms with Crippen LogP contribution in [0.5, 0.6) is 0 Å². The molecule has 0 saturated carbocycles. The summed E-state index contributed by atoms with van der Waals surface area (Å²) < 4.78 is 0. The van der Waals surface area contributed by atoms with Gasteiger partial charge in [-0.1, -0.05) is 0 Å². The van der Waals surface area contributed by atoms with Crippen molar-refractivity contribution in [1.29, 1.82) is 0 Å². The van der Waals surface area contributed by atoms with Crippen LogP contribution >= 0.6 is 0 Å². The quantitative estimate of drug-likeness (QED) is 0.283. The van der Waals surface area contributed by atoms with Crippen LogP contribution in [-0.4, -0.2) is 50.1 Å². The van der Waals surface area contributed by atoms with Crippen molar-refractivity contribution in [2.75, 3.05) is 39.6 Å². The van der Waals surface area contributed by atoms with Gasteiger partial charge in [0.05, 0.1) is 0 Å². The van der Waals surface area contributed by atoms with Gasteiger partial charge in [-0.2, -0.15) is 0 Å². The van der Waals surface area contributed by atoms with E-state index in [4.69, 9.17) is 0 Å². The third-order valence-electron chi connectivity index (χ3n) is 3.62. The zero-order chi connectivity index (χ0) is 9.05. The first-order valence-electron chi connectivity index (χ1n) is 4.83. The van der Waals surface area contributed by atoms with Gasteiger partial charge in [0.1, 0.15) is 0 Å². The molecule has 4 saturated heterocycles. The number of nitro groups is 1. The summed E-state index contributed by atoms with van der Waals surface area (Å²) in [6.07, 6.45) is 0. The Bertz CT molecular complexity index is 232. The highest BCUT2D eigenvalue weighted by Gasteiger charge is 2.65. The fourth-order valence-corrected chi connectivity index (χ4v) is 3.40. The van der Waals surface area contributed by atoms with Crippen LogP contribution in [0.3, 0.4) is 0 Å². The maximum atomic E-state index is 11.0. The lowest BCUT2D eigenvalue weighted by Crippen LogP contribution is -3.56. The summed E-state index contributed by atoms with van der Waals surface area (Å²) in [5, 5.41) is 11.0. The lowest BCUT2D eigenvalue weighted by Gasteiger charge is -2.47. The first-order valence-corrected chi connectivity index (χ1v) is 4.83. The van der Waals surface area contributed by atoms with Crippen molar-refractivity contribution in [3.8, 4) is 0 Å². The van der Waals surface area contributed by atoms with E-state index >= 15 is 0 Å². The zero-order valence-electron chi connectivity index (χ0n) is 7.51. The van der Waals surface area contributed by atoms with Gasteiger partial charge < -0.3 is 0 Å². The summed E-state index contributed by atoms with van der Waals surface area (Å²) in [7, 11) is 0. The second-order valence-corrected chi connectivity index (χ2v) is 4.79. The van der Waals surface area contributed by atoms with Crippen molar-refractivity contribution < 1.29 is 19.6 Å². The average Bonchev–Trinajstić information content (AvgIpc) is 2.00. The van der Waals surface area contributed by atoms with Crippen LogP contribution in [0.15, 0.2) is 0 Å². The molecular formula is C7H15N4O2+3. The predicted octanol–water partition coefficient (Wildman–Crippen LogP) is -5.43. The smallest absolute Gasteiger partial charge is 0.263 e. The van der Waals surface area contributed by atoms with Gasteiger partial charge in [0.25, 0.3) is 0 Å². The highest BCUT2D eigenvalue weighted by atomic mass is 16.6. The zero-order valence-corrected chi connectivity index (χ0v) is 7.51. The van der Waals surface area contributed by atoms with Crippen molar-refractivity contribution in [2.24, 2.45) is 0 Å². The first-order chi connectivity index (χ1) is 6.18. The van der Waals surface area contributed by atoms with Crippen molar-refractivity contribution in [1.82, 2.24) is 0 Å². The Morgan fingerprint density at radius 3 is 1.69 bits per heavy atom. The standard InChI is InChI=1S/C7H12N4O2/c12-11(13)7-1-8-4-9(2-7)6-10(3-7)5-8/h1-6H2/p+3. The molecule has 4 fully saturated rings. The van der Waals surface area contributed by atoms with E-state index in [1.54, 1.807) is 0 Å². The lowest BCUT2D eigenvalue weighted by molar-refractivity contribution is -1.30. The second kappa shape index (κ2) is 2.20. The molecule has 0 amide bonds. The van der Waals surface area contributed by atoms with Gasteiger partial charge in [-0.05, 0) is 0 Å². The lowest BCUT2D eigenvalue weighted by atomic mass is 9.92.